The van der Waals surface area contributed by atoms with E-state index in [9.17, 15) is 9.59 Å². The Morgan fingerprint density at radius 1 is 1.43 bits per heavy atom. The molecule has 1 heterocycles. The van der Waals surface area contributed by atoms with Gasteiger partial charge < -0.3 is 10.2 Å². The second-order valence-corrected chi connectivity index (χ2v) is 6.46. The van der Waals surface area contributed by atoms with Gasteiger partial charge in [-0.05, 0) is 30.7 Å². The monoisotopic (exact) mass is 326 g/mol. The summed E-state index contributed by atoms with van der Waals surface area (Å²) in [4.78, 5) is 26.8. The van der Waals surface area contributed by atoms with Crippen LogP contribution in [0.4, 0.5) is 0 Å². The maximum absolute atomic E-state index is 12.3. The number of nitrogens with one attached hydrogen (secondary N) is 1. The Hall–Kier alpha value is -1.20. The Labute approximate surface area is 134 Å². The van der Waals surface area contributed by atoms with Gasteiger partial charge >= 0.3 is 0 Å². The molecule has 1 N–H and O–H groups in total. The summed E-state index contributed by atoms with van der Waals surface area (Å²) in [6, 6.07) is 7.26. The molecule has 1 saturated heterocycles. The first kappa shape index (κ1) is 16.2. The SMILES string of the molecule is CCC1C(=O)NCCN1C(=O)CCSc1ccc(Cl)cc1. The minimum atomic E-state index is -0.313. The molecular formula is C15H19ClN2O2S. The van der Waals surface area contributed by atoms with Crippen LogP contribution in [-0.4, -0.2) is 41.6 Å². The lowest BCUT2D eigenvalue weighted by atomic mass is 10.1. The fourth-order valence-electron chi connectivity index (χ4n) is 2.35. The molecule has 0 bridgehead atoms. The molecule has 6 heteroatoms. The van der Waals surface area contributed by atoms with Gasteiger partial charge in [0.1, 0.15) is 6.04 Å². The molecule has 4 nitrogen and oxygen atoms in total. The molecule has 1 aromatic rings. The summed E-state index contributed by atoms with van der Waals surface area (Å²) in [7, 11) is 0. The van der Waals surface area contributed by atoms with Crippen LogP contribution in [0.5, 0.6) is 0 Å². The number of carbonyl (C=O) groups is 2. The Morgan fingerprint density at radius 2 is 2.14 bits per heavy atom. The molecule has 2 amide bonds. The summed E-state index contributed by atoms with van der Waals surface area (Å²) < 4.78 is 0. The first-order chi connectivity index (χ1) is 10.1. The van der Waals surface area contributed by atoms with Crippen LogP contribution >= 0.6 is 23.4 Å². The number of carbonyl (C=O) groups excluding carboxylic acids is 2. The van der Waals surface area contributed by atoms with Crippen molar-refractivity contribution in [3.63, 3.8) is 0 Å². The van der Waals surface area contributed by atoms with Crippen LogP contribution in [0, 0.1) is 0 Å². The van der Waals surface area contributed by atoms with Gasteiger partial charge in [-0.25, -0.2) is 0 Å². The average Bonchev–Trinajstić information content (AvgIpc) is 2.49. The quantitative estimate of drug-likeness (QED) is 0.846. The van der Waals surface area contributed by atoms with Gasteiger partial charge in [0.25, 0.3) is 0 Å². The number of rotatable bonds is 5. The van der Waals surface area contributed by atoms with Gasteiger partial charge in [0, 0.05) is 35.2 Å². The number of hydrogen-bond donors (Lipinski definition) is 1. The summed E-state index contributed by atoms with van der Waals surface area (Å²) in [6.45, 7) is 3.08. The highest BCUT2D eigenvalue weighted by Crippen LogP contribution is 2.21. The highest BCUT2D eigenvalue weighted by Gasteiger charge is 2.30. The predicted octanol–water partition coefficient (Wildman–Crippen LogP) is 2.56. The normalized spacial score (nSPS) is 18.5. The van der Waals surface area contributed by atoms with E-state index in [4.69, 9.17) is 11.6 Å². The van der Waals surface area contributed by atoms with Gasteiger partial charge in [-0.3, -0.25) is 9.59 Å². The van der Waals surface area contributed by atoms with Crippen LogP contribution in [0.15, 0.2) is 29.2 Å². The maximum atomic E-state index is 12.3. The Bertz CT molecular complexity index is 507. The van der Waals surface area contributed by atoms with E-state index >= 15 is 0 Å². The van der Waals surface area contributed by atoms with Gasteiger partial charge in [-0.2, -0.15) is 0 Å². The van der Waals surface area contributed by atoms with Crippen molar-refractivity contribution in [3.05, 3.63) is 29.3 Å². The number of piperazine rings is 1. The fourth-order valence-corrected chi connectivity index (χ4v) is 3.32. The molecule has 114 valence electrons. The van der Waals surface area contributed by atoms with E-state index < -0.39 is 0 Å². The van der Waals surface area contributed by atoms with Crippen LogP contribution in [0.25, 0.3) is 0 Å². The second kappa shape index (κ2) is 7.71. The average molecular weight is 327 g/mol. The van der Waals surface area contributed by atoms with E-state index in [0.717, 1.165) is 4.90 Å². The van der Waals surface area contributed by atoms with E-state index in [-0.39, 0.29) is 17.9 Å². The first-order valence-corrected chi connectivity index (χ1v) is 8.43. The standard InChI is InChI=1S/C15H19ClN2O2S/c1-2-13-15(20)17-8-9-18(13)14(19)7-10-21-12-5-3-11(16)4-6-12/h3-6,13H,2,7-10H2,1H3,(H,17,20). The fraction of sp³-hybridized carbons (Fsp3) is 0.467. The number of halogens is 1. The van der Waals surface area contributed by atoms with Crippen molar-refractivity contribution in [2.45, 2.75) is 30.7 Å². The smallest absolute Gasteiger partial charge is 0.242 e. The number of amides is 2. The van der Waals surface area contributed by atoms with Crippen LogP contribution in [0.3, 0.4) is 0 Å². The van der Waals surface area contributed by atoms with Crippen molar-refractivity contribution in [2.75, 3.05) is 18.8 Å². The molecule has 1 atom stereocenters. The molecule has 0 radical (unpaired) electrons. The highest BCUT2D eigenvalue weighted by atomic mass is 35.5. The van der Waals surface area contributed by atoms with E-state index in [1.54, 1.807) is 16.7 Å². The lowest BCUT2D eigenvalue weighted by Gasteiger charge is -2.34. The van der Waals surface area contributed by atoms with Crippen molar-refractivity contribution >= 4 is 35.2 Å². The molecule has 2 rings (SSSR count). The lowest BCUT2D eigenvalue weighted by molar-refractivity contribution is -0.143. The number of thioether (sulfide) groups is 1. The summed E-state index contributed by atoms with van der Waals surface area (Å²) >= 11 is 7.46. The molecule has 1 unspecified atom stereocenters. The zero-order valence-corrected chi connectivity index (χ0v) is 13.5. The maximum Gasteiger partial charge on any atom is 0.242 e. The van der Waals surface area contributed by atoms with Crippen LogP contribution in [0.2, 0.25) is 5.02 Å². The zero-order valence-electron chi connectivity index (χ0n) is 12.0. The third-order valence-electron chi connectivity index (χ3n) is 3.44. The lowest BCUT2D eigenvalue weighted by Crippen LogP contribution is -2.56. The molecule has 1 aliphatic rings. The van der Waals surface area contributed by atoms with Gasteiger partial charge in [0.2, 0.25) is 11.8 Å². The van der Waals surface area contributed by atoms with Crippen LogP contribution in [-0.2, 0) is 9.59 Å². The molecule has 1 aromatic carbocycles. The topological polar surface area (TPSA) is 49.4 Å². The van der Waals surface area contributed by atoms with Crippen molar-refractivity contribution < 1.29 is 9.59 Å². The highest BCUT2D eigenvalue weighted by molar-refractivity contribution is 7.99. The predicted molar refractivity (Wildman–Crippen MR) is 85.6 cm³/mol. The van der Waals surface area contributed by atoms with Crippen molar-refractivity contribution in [2.24, 2.45) is 0 Å². The van der Waals surface area contributed by atoms with Crippen molar-refractivity contribution in [1.82, 2.24) is 10.2 Å². The van der Waals surface area contributed by atoms with Gasteiger partial charge in [-0.15, -0.1) is 11.8 Å². The van der Waals surface area contributed by atoms with Crippen LogP contribution < -0.4 is 5.32 Å². The molecular weight excluding hydrogens is 308 g/mol. The van der Waals surface area contributed by atoms with E-state index in [0.29, 0.717) is 36.7 Å². The van der Waals surface area contributed by atoms with E-state index in [2.05, 4.69) is 5.32 Å². The minimum absolute atomic E-state index is 0.0394. The van der Waals surface area contributed by atoms with E-state index in [1.165, 1.54) is 0 Å². The molecule has 1 fully saturated rings. The summed E-state index contributed by atoms with van der Waals surface area (Å²) in [6.07, 6.45) is 1.10. The molecule has 1 aliphatic heterocycles. The molecule has 0 saturated carbocycles. The zero-order chi connectivity index (χ0) is 15.2. The Kier molecular flexibility index (Phi) is 5.94. The number of hydrogen-bond acceptors (Lipinski definition) is 3. The third-order valence-corrected chi connectivity index (χ3v) is 4.70. The van der Waals surface area contributed by atoms with Crippen molar-refractivity contribution in [3.8, 4) is 0 Å². The summed E-state index contributed by atoms with van der Waals surface area (Å²) in [5.41, 5.74) is 0. The third kappa shape index (κ3) is 4.38. The van der Waals surface area contributed by atoms with Gasteiger partial charge in [-0.1, -0.05) is 18.5 Å². The Balaban J connectivity index is 1.83. The number of nitrogens with zero attached hydrogens (tertiary/aromatic N) is 1. The van der Waals surface area contributed by atoms with Gasteiger partial charge in [0.05, 0.1) is 0 Å². The van der Waals surface area contributed by atoms with Gasteiger partial charge in [0.15, 0.2) is 0 Å². The second-order valence-electron chi connectivity index (χ2n) is 4.85. The molecule has 0 aliphatic carbocycles. The molecule has 0 spiro atoms. The Morgan fingerprint density at radius 3 is 2.81 bits per heavy atom. The largest absolute Gasteiger partial charge is 0.353 e. The first-order valence-electron chi connectivity index (χ1n) is 7.07. The van der Waals surface area contributed by atoms with E-state index in [1.807, 2.05) is 31.2 Å². The molecule has 21 heavy (non-hydrogen) atoms. The summed E-state index contributed by atoms with van der Waals surface area (Å²) in [5, 5.41) is 3.51. The number of benzene rings is 1. The molecule has 0 aromatic heterocycles. The van der Waals surface area contributed by atoms with Crippen LogP contribution in [0.1, 0.15) is 19.8 Å². The van der Waals surface area contributed by atoms with Crippen molar-refractivity contribution in [1.29, 1.82) is 0 Å². The minimum Gasteiger partial charge on any atom is -0.353 e. The summed E-state index contributed by atoms with van der Waals surface area (Å²) in [5.74, 6) is 0.718.